The molecule has 0 aliphatic carbocycles. The number of hydrogen-bond donors (Lipinski definition) is 1. The number of fused-ring (bicyclic) bond motifs is 1. The number of ketones is 1. The Morgan fingerprint density at radius 1 is 1.06 bits per heavy atom. The van der Waals surface area contributed by atoms with Crippen molar-refractivity contribution in [3.63, 3.8) is 0 Å². The van der Waals surface area contributed by atoms with Crippen LogP contribution in [0.25, 0.3) is 9.65 Å². The van der Waals surface area contributed by atoms with Crippen molar-refractivity contribution in [1.82, 2.24) is 4.98 Å². The van der Waals surface area contributed by atoms with Crippen molar-refractivity contribution in [2.75, 3.05) is 0 Å². The van der Waals surface area contributed by atoms with E-state index < -0.39 is 0 Å². The first-order valence-electron chi connectivity index (χ1n) is 11.6. The van der Waals surface area contributed by atoms with E-state index in [1.807, 2.05) is 71.9 Å². The Hall–Kier alpha value is -1.71. The summed E-state index contributed by atoms with van der Waals surface area (Å²) in [4.78, 5) is 18.6. The van der Waals surface area contributed by atoms with Crippen molar-refractivity contribution >= 4 is 29.9 Å². The molecule has 0 unspecified atom stereocenters. The first-order chi connectivity index (χ1) is 15.7. The van der Waals surface area contributed by atoms with Crippen LogP contribution in [0.5, 0.6) is 11.6 Å². The Morgan fingerprint density at radius 2 is 1.71 bits per heavy atom. The molecule has 6 heteroatoms. The van der Waals surface area contributed by atoms with Crippen LogP contribution in [0, 0.1) is 16.9 Å². The second kappa shape index (κ2) is 14.0. The zero-order valence-corrected chi connectivity index (χ0v) is 25.1. The molecule has 0 aliphatic rings. The minimum absolute atomic E-state index is 0. The van der Waals surface area contributed by atoms with Gasteiger partial charge >= 0.3 is 99.1 Å². The molecule has 2 aromatic heterocycles. The third kappa shape index (κ3) is 7.65. The molecule has 0 atom stereocenters. The molecule has 34 heavy (non-hydrogen) atoms. The van der Waals surface area contributed by atoms with E-state index in [-0.39, 0.29) is 42.5 Å². The average molecular weight is 706 g/mol. The summed E-state index contributed by atoms with van der Waals surface area (Å²) in [6, 6.07) is 14.7. The number of para-hydroxylation sites is 1. The Labute approximate surface area is 223 Å². The van der Waals surface area contributed by atoms with E-state index in [0.717, 1.165) is 25.7 Å². The number of aromatic nitrogens is 1. The van der Waals surface area contributed by atoms with E-state index in [9.17, 15) is 9.90 Å². The van der Waals surface area contributed by atoms with Gasteiger partial charge in [0.05, 0.1) is 0 Å². The molecule has 0 bridgehead atoms. The van der Waals surface area contributed by atoms with Gasteiger partial charge in [-0.2, -0.15) is 0 Å². The molecule has 1 aromatic carbocycles. The van der Waals surface area contributed by atoms with Crippen molar-refractivity contribution < 1.29 is 34.7 Å². The maximum absolute atomic E-state index is 12.2. The van der Waals surface area contributed by atoms with Crippen molar-refractivity contribution in [2.45, 2.75) is 67.2 Å². The van der Waals surface area contributed by atoms with Crippen molar-refractivity contribution in [2.24, 2.45) is 10.8 Å². The van der Waals surface area contributed by atoms with E-state index in [1.165, 1.54) is 15.7 Å². The average Bonchev–Trinajstić information content (AvgIpc) is 3.34. The third-order valence-corrected chi connectivity index (χ3v) is 8.75. The predicted molar refractivity (Wildman–Crippen MR) is 137 cm³/mol. The van der Waals surface area contributed by atoms with E-state index in [4.69, 9.17) is 4.74 Å². The molecule has 0 spiro atoms. The molecular weight excluding hydrogens is 669 g/mol. The summed E-state index contributed by atoms with van der Waals surface area (Å²) in [6.07, 6.45) is 6.53. The number of rotatable bonds is 9. The normalized spacial score (nSPS) is 11.9. The van der Waals surface area contributed by atoms with Gasteiger partial charge in [-0.15, -0.1) is 0 Å². The van der Waals surface area contributed by atoms with Gasteiger partial charge in [0, 0.05) is 37.0 Å². The third-order valence-electron chi connectivity index (χ3n) is 6.83. The summed E-state index contributed by atoms with van der Waals surface area (Å²) in [5, 5.41) is 11.4. The number of nitrogens with zero attached hydrogens (tertiary/aromatic N) is 1. The Kier molecular flexibility index (Phi) is 12.5. The summed E-state index contributed by atoms with van der Waals surface area (Å²) in [6.45, 7) is 12.1. The van der Waals surface area contributed by atoms with Gasteiger partial charge in [-0.3, -0.25) is 4.79 Å². The van der Waals surface area contributed by atoms with Gasteiger partial charge in [0.15, 0.2) is 5.78 Å². The molecule has 0 amide bonds. The summed E-state index contributed by atoms with van der Waals surface area (Å²) >= 11 is 0.341. The van der Waals surface area contributed by atoms with Gasteiger partial charge in [0.25, 0.3) is 0 Å². The summed E-state index contributed by atoms with van der Waals surface area (Å²) in [5.74, 6) is 1.71. The van der Waals surface area contributed by atoms with Crippen LogP contribution in [0.3, 0.4) is 0 Å². The molecule has 1 N–H and O–H groups in total. The molecule has 0 aliphatic heterocycles. The van der Waals surface area contributed by atoms with Crippen LogP contribution < -0.4 is 4.74 Å². The number of carbonyl (C=O) groups excluding carboxylic acids is 1. The van der Waals surface area contributed by atoms with Crippen LogP contribution in [-0.4, -0.2) is 30.4 Å². The molecular formula is C28H36IrNO3Se-. The van der Waals surface area contributed by atoms with E-state index >= 15 is 0 Å². The van der Waals surface area contributed by atoms with E-state index in [1.54, 1.807) is 6.20 Å². The Morgan fingerprint density at radius 3 is 2.26 bits per heavy atom. The summed E-state index contributed by atoms with van der Waals surface area (Å²) < 4.78 is 6.95. The van der Waals surface area contributed by atoms with E-state index in [2.05, 4.69) is 22.1 Å². The van der Waals surface area contributed by atoms with Gasteiger partial charge in [-0.05, 0) is 25.7 Å². The standard InChI is InChI=1S/C15H28O2.C13H8NOSe.Ir/c1-7-14(5,8-2)12(16)11-13(17)15(6,9-3)10-4;1-2-4-11(5-3-1)15-13-12-10(6-8-14-13)7-9-16-12;/h11,16H,7-10H2,1-6H3;1-4,6-9H;/q;-1;/b12-11-;;. The van der Waals surface area contributed by atoms with Gasteiger partial charge < -0.3 is 5.11 Å². The Balaban J connectivity index is 0.000000330. The van der Waals surface area contributed by atoms with Crippen LogP contribution >= 0.6 is 0 Å². The van der Waals surface area contributed by atoms with Crippen molar-refractivity contribution in [1.29, 1.82) is 0 Å². The molecule has 0 fully saturated rings. The fourth-order valence-electron chi connectivity index (χ4n) is 3.17. The zero-order chi connectivity index (χ0) is 24.5. The van der Waals surface area contributed by atoms with Crippen LogP contribution in [0.4, 0.5) is 0 Å². The first-order valence-corrected chi connectivity index (χ1v) is 13.5. The Bertz CT molecular complexity index is 1050. The fraction of sp³-hybridized carbons (Fsp3) is 0.429. The number of ether oxygens (including phenoxy) is 1. The predicted octanol–water partition coefficient (Wildman–Crippen LogP) is 7.53. The molecule has 187 valence electrons. The van der Waals surface area contributed by atoms with Gasteiger partial charge in [0.2, 0.25) is 0 Å². The topological polar surface area (TPSA) is 59.4 Å². The first kappa shape index (κ1) is 30.3. The van der Waals surface area contributed by atoms with Crippen LogP contribution in [0.2, 0.25) is 0 Å². The minimum atomic E-state index is -0.337. The molecule has 0 saturated carbocycles. The van der Waals surface area contributed by atoms with Gasteiger partial charge in [-0.1, -0.05) is 41.5 Å². The second-order valence-electron chi connectivity index (χ2n) is 8.71. The number of benzene rings is 1. The number of allylic oxidation sites excluding steroid dienone is 2. The summed E-state index contributed by atoms with van der Waals surface area (Å²) in [7, 11) is 0. The molecule has 2 heterocycles. The van der Waals surface area contributed by atoms with Crippen molar-refractivity contribution in [3.8, 4) is 11.6 Å². The fourth-order valence-corrected chi connectivity index (χ4v) is 4.89. The monoisotopic (exact) mass is 707 g/mol. The second-order valence-corrected chi connectivity index (χ2v) is 10.6. The number of aliphatic hydroxyl groups excluding tert-OH is 1. The number of carbonyl (C=O) groups is 1. The van der Waals surface area contributed by atoms with E-state index in [0.29, 0.717) is 26.1 Å². The van der Waals surface area contributed by atoms with Gasteiger partial charge in [-0.25, -0.2) is 0 Å². The molecule has 3 aromatic rings. The molecule has 0 saturated heterocycles. The van der Waals surface area contributed by atoms with Crippen LogP contribution in [0.1, 0.15) is 67.2 Å². The van der Waals surface area contributed by atoms with Gasteiger partial charge in [0.1, 0.15) is 5.76 Å². The quantitative estimate of drug-likeness (QED) is 0.108. The number of aliphatic hydroxyl groups is 1. The maximum atomic E-state index is 12.2. The molecule has 1 radical (unpaired) electrons. The van der Waals surface area contributed by atoms with Crippen LogP contribution in [-0.2, 0) is 24.9 Å². The zero-order valence-electron chi connectivity index (χ0n) is 21.0. The van der Waals surface area contributed by atoms with Crippen molar-refractivity contribution in [3.05, 3.63) is 65.4 Å². The molecule has 3 rings (SSSR count). The van der Waals surface area contributed by atoms with Crippen LogP contribution in [0.15, 0.2) is 59.4 Å². The number of pyridine rings is 1. The molecule has 4 nitrogen and oxygen atoms in total. The SMILES string of the molecule is CCC(C)(CC)C(=O)/C=C(\O)C(C)(CC)CC.[Ir].[c-]1ccccc1Oc1nccc2cc[se]c12. The number of hydrogen-bond acceptors (Lipinski definition) is 4. The summed E-state index contributed by atoms with van der Waals surface area (Å²) in [5.41, 5.74) is -0.603.